The molecule has 0 aliphatic rings. The van der Waals surface area contributed by atoms with Gasteiger partial charge in [0, 0.05) is 35.9 Å². The van der Waals surface area contributed by atoms with Crippen molar-refractivity contribution in [2.24, 2.45) is 0 Å². The van der Waals surface area contributed by atoms with Gasteiger partial charge in [-0.05, 0) is 30.3 Å². The number of nitrogens with one attached hydrogen (secondary N) is 2. The number of nitrogens with zero attached hydrogens (tertiary/aromatic N) is 3. The number of aromatic nitrogens is 4. The molecule has 0 aliphatic heterocycles. The van der Waals surface area contributed by atoms with Crippen LogP contribution in [0.1, 0.15) is 16.2 Å². The van der Waals surface area contributed by atoms with Gasteiger partial charge in [0.25, 0.3) is 5.91 Å². The highest BCUT2D eigenvalue weighted by molar-refractivity contribution is 6.31. The monoisotopic (exact) mass is 361 g/mol. The second-order valence-corrected chi connectivity index (χ2v) is 5.88. The average Bonchev–Trinajstić information content (AvgIpc) is 3.04. The smallest absolute Gasteiger partial charge is 0.252 e. The molecule has 0 radical (unpaired) electrons. The molecule has 0 saturated carbocycles. The summed E-state index contributed by atoms with van der Waals surface area (Å²) in [6.45, 7) is 0.417. The zero-order valence-electron chi connectivity index (χ0n) is 12.5. The molecule has 0 bridgehead atoms. The van der Waals surface area contributed by atoms with Crippen LogP contribution in [0.25, 0.3) is 11.4 Å². The van der Waals surface area contributed by atoms with Gasteiger partial charge in [-0.15, -0.1) is 0 Å². The number of hydrogen-bond donors (Lipinski definition) is 2. The first kappa shape index (κ1) is 16.4. The molecule has 2 heterocycles. The molecule has 0 saturated heterocycles. The Kier molecular flexibility index (Phi) is 5.08. The molecule has 0 spiro atoms. The second kappa shape index (κ2) is 7.42. The number of halogens is 2. The van der Waals surface area contributed by atoms with Gasteiger partial charge in [-0.25, -0.2) is 4.98 Å². The minimum atomic E-state index is -0.234. The van der Waals surface area contributed by atoms with Gasteiger partial charge in [0.1, 0.15) is 5.82 Å². The first-order chi connectivity index (χ1) is 11.6. The number of carbonyl (C=O) groups is 1. The van der Waals surface area contributed by atoms with E-state index in [4.69, 9.17) is 23.2 Å². The maximum Gasteiger partial charge on any atom is 0.252 e. The van der Waals surface area contributed by atoms with E-state index in [2.05, 4.69) is 25.5 Å². The van der Waals surface area contributed by atoms with Gasteiger partial charge in [0.05, 0.1) is 10.6 Å². The van der Waals surface area contributed by atoms with Crippen LogP contribution in [-0.2, 0) is 6.42 Å². The summed E-state index contributed by atoms with van der Waals surface area (Å²) >= 11 is 11.7. The fourth-order valence-electron chi connectivity index (χ4n) is 2.07. The Labute approximate surface area is 148 Å². The Bertz CT molecular complexity index is 848. The average molecular weight is 362 g/mol. The fraction of sp³-hybridized carbons (Fsp3) is 0.125. The van der Waals surface area contributed by atoms with Crippen LogP contribution in [0.5, 0.6) is 0 Å². The maximum atomic E-state index is 12.0. The summed E-state index contributed by atoms with van der Waals surface area (Å²) in [5.41, 5.74) is 1.29. The van der Waals surface area contributed by atoms with Crippen LogP contribution >= 0.6 is 23.2 Å². The first-order valence-electron chi connectivity index (χ1n) is 7.18. The standard InChI is InChI=1S/C16H13Cl2N5O/c17-12-3-1-10(2-4-12)15-21-14(22-23-15)5-6-20-16(24)11-7-13(18)9-19-8-11/h1-4,7-9H,5-6H2,(H,20,24)(H,21,22,23). The van der Waals surface area contributed by atoms with Crippen LogP contribution in [0.2, 0.25) is 10.0 Å². The van der Waals surface area contributed by atoms with Crippen molar-refractivity contribution in [3.05, 3.63) is 64.2 Å². The second-order valence-electron chi connectivity index (χ2n) is 5.01. The molecule has 122 valence electrons. The highest BCUT2D eigenvalue weighted by Gasteiger charge is 2.08. The molecule has 1 amide bonds. The van der Waals surface area contributed by atoms with E-state index in [0.29, 0.717) is 40.2 Å². The topological polar surface area (TPSA) is 83.6 Å². The van der Waals surface area contributed by atoms with Crippen molar-refractivity contribution in [2.45, 2.75) is 6.42 Å². The van der Waals surface area contributed by atoms with Crippen LogP contribution < -0.4 is 5.32 Å². The van der Waals surface area contributed by atoms with Gasteiger partial charge in [0.2, 0.25) is 0 Å². The Morgan fingerprint density at radius 2 is 1.92 bits per heavy atom. The number of amides is 1. The van der Waals surface area contributed by atoms with Gasteiger partial charge in [0.15, 0.2) is 5.82 Å². The molecule has 8 heteroatoms. The summed E-state index contributed by atoms with van der Waals surface area (Å²) in [6.07, 6.45) is 3.47. The van der Waals surface area contributed by atoms with E-state index in [1.165, 1.54) is 12.4 Å². The normalized spacial score (nSPS) is 10.6. The predicted octanol–water partition coefficient (Wildman–Crippen LogP) is 3.15. The molecule has 24 heavy (non-hydrogen) atoms. The molecular formula is C16H13Cl2N5O. The minimum absolute atomic E-state index is 0.234. The summed E-state index contributed by atoms with van der Waals surface area (Å²) in [5, 5.41) is 10.9. The fourth-order valence-corrected chi connectivity index (χ4v) is 2.37. The van der Waals surface area contributed by atoms with E-state index in [1.54, 1.807) is 18.2 Å². The van der Waals surface area contributed by atoms with E-state index >= 15 is 0 Å². The quantitative estimate of drug-likeness (QED) is 0.730. The molecular weight excluding hydrogens is 349 g/mol. The molecule has 2 N–H and O–H groups in total. The van der Waals surface area contributed by atoms with Crippen molar-refractivity contribution in [3.8, 4) is 11.4 Å². The Morgan fingerprint density at radius 1 is 1.12 bits per heavy atom. The van der Waals surface area contributed by atoms with Crippen molar-refractivity contribution in [1.29, 1.82) is 0 Å². The van der Waals surface area contributed by atoms with Gasteiger partial charge in [-0.1, -0.05) is 23.2 Å². The predicted molar refractivity (Wildman–Crippen MR) is 92.1 cm³/mol. The molecule has 0 atom stereocenters. The molecule has 2 aromatic heterocycles. The minimum Gasteiger partial charge on any atom is -0.352 e. The molecule has 3 rings (SSSR count). The van der Waals surface area contributed by atoms with Crippen LogP contribution in [-0.4, -0.2) is 32.6 Å². The maximum absolute atomic E-state index is 12.0. The van der Waals surface area contributed by atoms with Crippen LogP contribution in [0.15, 0.2) is 42.7 Å². The zero-order valence-corrected chi connectivity index (χ0v) is 14.0. The number of rotatable bonds is 5. The van der Waals surface area contributed by atoms with E-state index < -0.39 is 0 Å². The van der Waals surface area contributed by atoms with Gasteiger partial charge in [-0.2, -0.15) is 5.10 Å². The molecule has 0 fully saturated rings. The van der Waals surface area contributed by atoms with Gasteiger partial charge < -0.3 is 5.32 Å². The highest BCUT2D eigenvalue weighted by atomic mass is 35.5. The lowest BCUT2D eigenvalue weighted by Crippen LogP contribution is -2.26. The first-order valence-corrected chi connectivity index (χ1v) is 7.93. The Balaban J connectivity index is 1.56. The van der Waals surface area contributed by atoms with Crippen LogP contribution in [0.3, 0.4) is 0 Å². The van der Waals surface area contributed by atoms with E-state index in [1.807, 2.05) is 12.1 Å². The van der Waals surface area contributed by atoms with E-state index in [0.717, 1.165) is 5.56 Å². The van der Waals surface area contributed by atoms with Crippen molar-refractivity contribution >= 4 is 29.1 Å². The third-order valence-corrected chi connectivity index (χ3v) is 3.71. The van der Waals surface area contributed by atoms with Crippen LogP contribution in [0, 0.1) is 0 Å². The summed E-state index contributed by atoms with van der Waals surface area (Å²) in [5.74, 6) is 1.04. The van der Waals surface area contributed by atoms with Crippen LogP contribution in [0.4, 0.5) is 0 Å². The summed E-state index contributed by atoms with van der Waals surface area (Å²) in [4.78, 5) is 20.3. The van der Waals surface area contributed by atoms with E-state index in [-0.39, 0.29) is 5.91 Å². The van der Waals surface area contributed by atoms with Crippen molar-refractivity contribution in [2.75, 3.05) is 6.54 Å². The SMILES string of the molecule is O=C(NCCc1nc(-c2ccc(Cl)cc2)n[nH]1)c1cncc(Cl)c1. The molecule has 1 aromatic carbocycles. The Morgan fingerprint density at radius 3 is 2.67 bits per heavy atom. The number of pyridine rings is 1. The number of carbonyl (C=O) groups excluding carboxylic acids is 1. The molecule has 0 aliphatic carbocycles. The van der Waals surface area contributed by atoms with Crippen molar-refractivity contribution < 1.29 is 4.79 Å². The number of aromatic amines is 1. The van der Waals surface area contributed by atoms with E-state index in [9.17, 15) is 4.79 Å². The lowest BCUT2D eigenvalue weighted by Gasteiger charge is -2.03. The van der Waals surface area contributed by atoms with Crippen molar-refractivity contribution in [3.63, 3.8) is 0 Å². The third-order valence-electron chi connectivity index (χ3n) is 3.25. The van der Waals surface area contributed by atoms with Crippen molar-refractivity contribution in [1.82, 2.24) is 25.5 Å². The summed E-state index contributed by atoms with van der Waals surface area (Å²) in [7, 11) is 0. The van der Waals surface area contributed by atoms with Gasteiger partial charge in [-0.3, -0.25) is 14.9 Å². The summed E-state index contributed by atoms with van der Waals surface area (Å²) in [6, 6.07) is 8.84. The number of benzene rings is 1. The number of hydrogen-bond acceptors (Lipinski definition) is 4. The Hall–Kier alpha value is -2.44. The molecule has 3 aromatic rings. The highest BCUT2D eigenvalue weighted by Crippen LogP contribution is 2.17. The van der Waals surface area contributed by atoms with Gasteiger partial charge >= 0.3 is 0 Å². The summed E-state index contributed by atoms with van der Waals surface area (Å²) < 4.78 is 0. The molecule has 6 nitrogen and oxygen atoms in total. The molecule has 0 unspecified atom stereocenters. The third kappa shape index (κ3) is 4.10. The largest absolute Gasteiger partial charge is 0.352 e. The lowest BCUT2D eigenvalue weighted by atomic mass is 10.2. The lowest BCUT2D eigenvalue weighted by molar-refractivity contribution is 0.0953. The number of H-pyrrole nitrogens is 1. The zero-order chi connectivity index (χ0) is 16.9.